The molecule has 0 aliphatic carbocycles. The van der Waals surface area contributed by atoms with Crippen LogP contribution < -0.4 is 0 Å². The molecule has 29 heavy (non-hydrogen) atoms. The van der Waals surface area contributed by atoms with Gasteiger partial charge in [-0.1, -0.05) is 30.3 Å². The molecule has 1 N–H and O–H groups in total. The maximum Gasteiger partial charge on any atom is 0.457 e. The van der Waals surface area contributed by atoms with E-state index in [4.69, 9.17) is 0 Å². The number of alkyl halides is 11. The van der Waals surface area contributed by atoms with Crippen molar-refractivity contribution in [2.45, 2.75) is 30.1 Å². The summed E-state index contributed by atoms with van der Waals surface area (Å²) in [5.41, 5.74) is -11.5. The summed E-state index contributed by atoms with van der Waals surface area (Å²) in [5.74, 6) is -6.19. The van der Waals surface area contributed by atoms with Crippen molar-refractivity contribution in [3.05, 3.63) is 70.8 Å². The molecular formula is C17H9F11O. The van der Waals surface area contributed by atoms with Crippen LogP contribution in [0, 0.1) is 0 Å². The molecule has 160 valence electrons. The van der Waals surface area contributed by atoms with Crippen molar-refractivity contribution >= 4 is 0 Å². The van der Waals surface area contributed by atoms with Gasteiger partial charge >= 0.3 is 24.5 Å². The SMILES string of the molecule is OC(c1ccc(C(F)(F)F)cc1)(c1ccccc1C(F)(F)F)C(F)(F)C(F)(F)F. The van der Waals surface area contributed by atoms with Crippen LogP contribution in [0.2, 0.25) is 0 Å². The smallest absolute Gasteiger partial charge is 0.374 e. The Bertz CT molecular complexity index is 863. The van der Waals surface area contributed by atoms with E-state index in [0.717, 1.165) is 0 Å². The van der Waals surface area contributed by atoms with Gasteiger partial charge in [-0.25, -0.2) is 0 Å². The molecule has 2 aromatic rings. The lowest BCUT2D eigenvalue weighted by molar-refractivity contribution is -0.337. The zero-order valence-electron chi connectivity index (χ0n) is 13.7. The maximum atomic E-state index is 14.3. The highest BCUT2D eigenvalue weighted by Crippen LogP contribution is 2.54. The van der Waals surface area contributed by atoms with E-state index < -0.39 is 52.3 Å². The second-order valence-corrected chi connectivity index (χ2v) is 5.90. The fraction of sp³-hybridized carbons (Fsp3) is 0.294. The summed E-state index contributed by atoms with van der Waals surface area (Å²) in [6, 6.07) is 1.99. The first-order chi connectivity index (χ1) is 12.9. The van der Waals surface area contributed by atoms with Crippen LogP contribution in [-0.4, -0.2) is 17.2 Å². The van der Waals surface area contributed by atoms with Crippen molar-refractivity contribution in [2.24, 2.45) is 0 Å². The second-order valence-electron chi connectivity index (χ2n) is 5.90. The lowest BCUT2D eigenvalue weighted by atomic mass is 9.78. The van der Waals surface area contributed by atoms with Gasteiger partial charge in [-0.2, -0.15) is 48.3 Å². The highest BCUT2D eigenvalue weighted by atomic mass is 19.4. The van der Waals surface area contributed by atoms with E-state index >= 15 is 0 Å². The molecule has 0 aromatic heterocycles. The lowest BCUT2D eigenvalue weighted by Gasteiger charge is -2.38. The molecule has 12 heteroatoms. The molecule has 0 spiro atoms. The first-order valence-corrected chi connectivity index (χ1v) is 7.45. The summed E-state index contributed by atoms with van der Waals surface area (Å²) >= 11 is 0. The average Bonchev–Trinajstić information content (AvgIpc) is 2.58. The van der Waals surface area contributed by atoms with E-state index in [-0.39, 0.29) is 36.4 Å². The fourth-order valence-electron chi connectivity index (χ4n) is 2.66. The van der Waals surface area contributed by atoms with E-state index in [1.807, 2.05) is 0 Å². The minimum Gasteiger partial charge on any atom is -0.374 e. The molecule has 0 amide bonds. The Morgan fingerprint density at radius 1 is 0.517 bits per heavy atom. The molecule has 0 radical (unpaired) electrons. The standard InChI is InChI=1S/C17H9F11O/c18-14(19,20)10-7-5-9(6-8-10)13(29,16(24,25)17(26,27)28)11-3-1-2-4-12(11)15(21,22)23/h1-8,29H. The number of halogens is 11. The Kier molecular flexibility index (Phi) is 5.42. The molecule has 0 fully saturated rings. The van der Waals surface area contributed by atoms with Gasteiger partial charge in [0.15, 0.2) is 5.60 Å². The third kappa shape index (κ3) is 3.89. The first-order valence-electron chi connectivity index (χ1n) is 7.45. The topological polar surface area (TPSA) is 20.2 Å². The van der Waals surface area contributed by atoms with E-state index in [9.17, 15) is 53.4 Å². The minimum atomic E-state index is -6.54. The molecule has 0 saturated carbocycles. The molecule has 1 nitrogen and oxygen atoms in total. The van der Waals surface area contributed by atoms with Crippen LogP contribution in [0.15, 0.2) is 48.5 Å². The van der Waals surface area contributed by atoms with Gasteiger partial charge in [0.25, 0.3) is 0 Å². The molecule has 0 heterocycles. The molecule has 0 aliphatic heterocycles. The Morgan fingerprint density at radius 3 is 1.31 bits per heavy atom. The normalized spacial score (nSPS) is 15.9. The van der Waals surface area contributed by atoms with Crippen LogP contribution in [0.4, 0.5) is 48.3 Å². The second kappa shape index (κ2) is 6.85. The molecule has 1 unspecified atom stereocenters. The average molecular weight is 438 g/mol. The van der Waals surface area contributed by atoms with Gasteiger partial charge in [-0.15, -0.1) is 0 Å². The number of benzene rings is 2. The Morgan fingerprint density at radius 2 is 0.931 bits per heavy atom. The van der Waals surface area contributed by atoms with Gasteiger partial charge < -0.3 is 5.11 Å². The fourth-order valence-corrected chi connectivity index (χ4v) is 2.66. The molecular weight excluding hydrogens is 429 g/mol. The third-order valence-corrected chi connectivity index (χ3v) is 4.06. The van der Waals surface area contributed by atoms with E-state index in [1.54, 1.807) is 0 Å². The molecule has 0 saturated heterocycles. The monoisotopic (exact) mass is 438 g/mol. The van der Waals surface area contributed by atoms with Gasteiger partial charge in [0.05, 0.1) is 11.1 Å². The predicted molar refractivity (Wildman–Crippen MR) is 76.9 cm³/mol. The van der Waals surface area contributed by atoms with Gasteiger partial charge in [-0.05, 0) is 23.8 Å². The molecule has 2 aromatic carbocycles. The van der Waals surface area contributed by atoms with Gasteiger partial charge in [0.1, 0.15) is 0 Å². The zero-order chi connectivity index (χ0) is 22.5. The van der Waals surface area contributed by atoms with Gasteiger partial charge in [0.2, 0.25) is 0 Å². The van der Waals surface area contributed by atoms with Crippen molar-refractivity contribution in [3.8, 4) is 0 Å². The van der Waals surface area contributed by atoms with Gasteiger partial charge in [0, 0.05) is 5.56 Å². The van der Waals surface area contributed by atoms with Crippen molar-refractivity contribution < 1.29 is 53.4 Å². The van der Waals surface area contributed by atoms with Crippen molar-refractivity contribution in [1.82, 2.24) is 0 Å². The number of aliphatic hydroxyl groups is 1. The van der Waals surface area contributed by atoms with Crippen LogP contribution in [0.3, 0.4) is 0 Å². The molecule has 2 rings (SSSR count). The van der Waals surface area contributed by atoms with Crippen LogP contribution >= 0.6 is 0 Å². The molecule has 0 aliphatic rings. The van der Waals surface area contributed by atoms with Crippen LogP contribution in [0.5, 0.6) is 0 Å². The summed E-state index contributed by atoms with van der Waals surface area (Å²) in [7, 11) is 0. The van der Waals surface area contributed by atoms with E-state index in [2.05, 4.69) is 0 Å². The van der Waals surface area contributed by atoms with Crippen molar-refractivity contribution in [1.29, 1.82) is 0 Å². The Labute approximate surface area is 155 Å². The summed E-state index contributed by atoms with van der Waals surface area (Å²) in [6.45, 7) is 0. The lowest BCUT2D eigenvalue weighted by Crippen LogP contribution is -2.56. The quantitative estimate of drug-likeness (QED) is 0.570. The van der Waals surface area contributed by atoms with Gasteiger partial charge in [-0.3, -0.25) is 0 Å². The summed E-state index contributed by atoms with van der Waals surface area (Å²) in [4.78, 5) is 0. The highest BCUT2D eigenvalue weighted by molar-refractivity contribution is 5.46. The largest absolute Gasteiger partial charge is 0.457 e. The Hall–Kier alpha value is -2.37. The number of rotatable bonds is 3. The molecule has 0 bridgehead atoms. The zero-order valence-corrected chi connectivity index (χ0v) is 13.7. The summed E-state index contributed by atoms with van der Waals surface area (Å²) in [6.07, 6.45) is -17.0. The minimum absolute atomic E-state index is 0.0651. The maximum absolute atomic E-state index is 14.3. The van der Waals surface area contributed by atoms with Crippen molar-refractivity contribution in [2.75, 3.05) is 0 Å². The third-order valence-electron chi connectivity index (χ3n) is 4.06. The van der Waals surface area contributed by atoms with Crippen LogP contribution in [-0.2, 0) is 18.0 Å². The number of hydrogen-bond donors (Lipinski definition) is 1. The van der Waals surface area contributed by atoms with Crippen molar-refractivity contribution in [3.63, 3.8) is 0 Å². The summed E-state index contributed by atoms with van der Waals surface area (Å²) in [5, 5.41) is 10.4. The Balaban J connectivity index is 2.87. The first kappa shape index (κ1) is 22.9. The highest BCUT2D eigenvalue weighted by Gasteiger charge is 2.72. The van der Waals surface area contributed by atoms with Crippen LogP contribution in [0.1, 0.15) is 22.3 Å². The van der Waals surface area contributed by atoms with Crippen LogP contribution in [0.25, 0.3) is 0 Å². The van der Waals surface area contributed by atoms with E-state index in [0.29, 0.717) is 12.1 Å². The molecule has 1 atom stereocenters. The predicted octanol–water partition coefficient (Wildman–Crippen LogP) is 6.16. The number of hydrogen-bond acceptors (Lipinski definition) is 1. The van der Waals surface area contributed by atoms with E-state index in [1.165, 1.54) is 0 Å². The summed E-state index contributed by atoms with van der Waals surface area (Å²) < 4.78 is 145.